The molecule has 0 amide bonds. The predicted octanol–water partition coefficient (Wildman–Crippen LogP) is 1.05. The minimum atomic E-state index is 0.363. The van der Waals surface area contributed by atoms with Crippen LogP contribution in [0.4, 0.5) is 11.6 Å². The number of ether oxygens (including phenoxy) is 1. The molecule has 0 saturated heterocycles. The number of aromatic nitrogens is 2. The number of hydrogen-bond acceptors (Lipinski definition) is 6. The van der Waals surface area contributed by atoms with Crippen molar-refractivity contribution in [1.29, 1.82) is 0 Å². The maximum absolute atomic E-state index is 5.35. The minimum Gasteiger partial charge on any atom is -0.381 e. The summed E-state index contributed by atoms with van der Waals surface area (Å²) in [6, 6.07) is 2.23. The summed E-state index contributed by atoms with van der Waals surface area (Å²) in [7, 11) is 1.76. The second-order valence-corrected chi connectivity index (χ2v) is 4.34. The van der Waals surface area contributed by atoms with E-state index in [9.17, 15) is 0 Å². The molecule has 94 valence electrons. The van der Waals surface area contributed by atoms with Crippen molar-refractivity contribution in [2.45, 2.75) is 38.3 Å². The van der Waals surface area contributed by atoms with Crippen molar-refractivity contribution in [1.82, 2.24) is 9.97 Å². The zero-order valence-electron chi connectivity index (χ0n) is 10.2. The molecule has 4 N–H and O–H groups in total. The van der Waals surface area contributed by atoms with E-state index in [-0.39, 0.29) is 0 Å². The summed E-state index contributed by atoms with van der Waals surface area (Å²) >= 11 is 0. The number of nitrogen functional groups attached to an aromatic ring is 1. The molecule has 2 unspecified atom stereocenters. The molecule has 0 bridgehead atoms. The van der Waals surface area contributed by atoms with Crippen LogP contribution < -0.4 is 16.6 Å². The first-order valence-electron chi connectivity index (χ1n) is 5.83. The number of hydrazine groups is 1. The third-order valence-electron chi connectivity index (χ3n) is 3.06. The summed E-state index contributed by atoms with van der Waals surface area (Å²) in [4.78, 5) is 8.48. The van der Waals surface area contributed by atoms with Gasteiger partial charge in [-0.1, -0.05) is 0 Å². The standard InChI is InChI=1S/C11H19N5O/c1-7-13-10(6-11(14-7)16-12)15-8-3-4-9(5-8)17-2/h6,8-9H,3-5,12H2,1-2H3,(H2,13,14,15,16). The summed E-state index contributed by atoms with van der Waals surface area (Å²) in [6.45, 7) is 1.85. The molecule has 0 aromatic carbocycles. The van der Waals surface area contributed by atoms with Crippen LogP contribution in [-0.2, 0) is 4.74 Å². The highest BCUT2D eigenvalue weighted by Gasteiger charge is 2.24. The lowest BCUT2D eigenvalue weighted by atomic mass is 10.2. The van der Waals surface area contributed by atoms with E-state index < -0.39 is 0 Å². The lowest BCUT2D eigenvalue weighted by Crippen LogP contribution is -2.19. The number of anilines is 2. The molecule has 1 aromatic rings. The van der Waals surface area contributed by atoms with Gasteiger partial charge in [-0.3, -0.25) is 0 Å². The molecular formula is C11H19N5O. The van der Waals surface area contributed by atoms with Crippen molar-refractivity contribution in [3.63, 3.8) is 0 Å². The van der Waals surface area contributed by atoms with Gasteiger partial charge in [-0.25, -0.2) is 15.8 Å². The Bertz CT molecular complexity index is 384. The summed E-state index contributed by atoms with van der Waals surface area (Å²) in [6.07, 6.45) is 3.58. The molecule has 6 nitrogen and oxygen atoms in total. The highest BCUT2D eigenvalue weighted by molar-refractivity contribution is 5.47. The number of rotatable bonds is 4. The van der Waals surface area contributed by atoms with Gasteiger partial charge in [-0.2, -0.15) is 0 Å². The maximum Gasteiger partial charge on any atom is 0.145 e. The third-order valence-corrected chi connectivity index (χ3v) is 3.06. The van der Waals surface area contributed by atoms with Crippen LogP contribution >= 0.6 is 0 Å². The fourth-order valence-corrected chi connectivity index (χ4v) is 2.21. The highest BCUT2D eigenvalue weighted by atomic mass is 16.5. The molecule has 2 rings (SSSR count). The minimum absolute atomic E-state index is 0.363. The van der Waals surface area contributed by atoms with Gasteiger partial charge in [0.05, 0.1) is 6.10 Å². The Hall–Kier alpha value is -1.40. The fraction of sp³-hybridized carbons (Fsp3) is 0.636. The molecule has 1 fully saturated rings. The number of hydrogen-bond donors (Lipinski definition) is 3. The molecular weight excluding hydrogens is 218 g/mol. The van der Waals surface area contributed by atoms with Crippen molar-refractivity contribution in [2.75, 3.05) is 17.9 Å². The Morgan fingerprint density at radius 2 is 2.12 bits per heavy atom. The number of nitrogens with one attached hydrogen (secondary N) is 2. The smallest absolute Gasteiger partial charge is 0.145 e. The molecule has 1 aliphatic rings. The quantitative estimate of drug-likeness (QED) is 0.536. The number of nitrogens with zero attached hydrogens (tertiary/aromatic N) is 2. The topological polar surface area (TPSA) is 85.1 Å². The van der Waals surface area contributed by atoms with Crippen molar-refractivity contribution >= 4 is 11.6 Å². The molecule has 1 heterocycles. The zero-order valence-corrected chi connectivity index (χ0v) is 10.2. The molecule has 17 heavy (non-hydrogen) atoms. The van der Waals surface area contributed by atoms with E-state index >= 15 is 0 Å². The average Bonchev–Trinajstić information content (AvgIpc) is 2.76. The van der Waals surface area contributed by atoms with Crippen LogP contribution in [-0.4, -0.2) is 29.2 Å². The van der Waals surface area contributed by atoms with E-state index in [4.69, 9.17) is 10.6 Å². The highest BCUT2D eigenvalue weighted by Crippen LogP contribution is 2.24. The van der Waals surface area contributed by atoms with Gasteiger partial charge in [0.2, 0.25) is 0 Å². The molecule has 1 aromatic heterocycles. The van der Waals surface area contributed by atoms with Crippen LogP contribution in [0.15, 0.2) is 6.07 Å². The first-order valence-corrected chi connectivity index (χ1v) is 5.83. The van der Waals surface area contributed by atoms with E-state index in [1.54, 1.807) is 7.11 Å². The predicted molar refractivity (Wildman–Crippen MR) is 66.6 cm³/mol. The van der Waals surface area contributed by atoms with Crippen LogP contribution in [0.2, 0.25) is 0 Å². The Labute approximate surface area is 101 Å². The van der Waals surface area contributed by atoms with E-state index in [0.717, 1.165) is 25.1 Å². The zero-order chi connectivity index (χ0) is 12.3. The summed E-state index contributed by atoms with van der Waals surface area (Å²) in [5.74, 6) is 7.49. The van der Waals surface area contributed by atoms with Gasteiger partial charge >= 0.3 is 0 Å². The first kappa shape index (κ1) is 12.1. The number of aryl methyl sites for hydroxylation is 1. The summed E-state index contributed by atoms with van der Waals surface area (Å²) < 4.78 is 5.34. The van der Waals surface area contributed by atoms with Gasteiger partial charge in [-0.05, 0) is 26.2 Å². The Morgan fingerprint density at radius 1 is 1.35 bits per heavy atom. The Morgan fingerprint density at radius 3 is 2.76 bits per heavy atom. The molecule has 6 heteroatoms. The summed E-state index contributed by atoms with van der Waals surface area (Å²) in [5.41, 5.74) is 2.54. The lowest BCUT2D eigenvalue weighted by molar-refractivity contribution is 0.108. The van der Waals surface area contributed by atoms with Gasteiger partial charge in [0.25, 0.3) is 0 Å². The van der Waals surface area contributed by atoms with E-state index in [1.165, 1.54) is 0 Å². The monoisotopic (exact) mass is 237 g/mol. The van der Waals surface area contributed by atoms with Crippen LogP contribution in [0.1, 0.15) is 25.1 Å². The van der Waals surface area contributed by atoms with Crippen LogP contribution in [0.5, 0.6) is 0 Å². The SMILES string of the molecule is COC1CCC(Nc2cc(NN)nc(C)n2)C1. The Kier molecular flexibility index (Phi) is 3.75. The van der Waals surface area contributed by atoms with E-state index in [1.807, 2.05) is 13.0 Å². The molecule has 0 aliphatic heterocycles. The van der Waals surface area contributed by atoms with Crippen molar-refractivity contribution < 1.29 is 4.74 Å². The van der Waals surface area contributed by atoms with Crippen LogP contribution in [0.3, 0.4) is 0 Å². The van der Waals surface area contributed by atoms with E-state index in [0.29, 0.717) is 23.8 Å². The molecule has 0 spiro atoms. The second kappa shape index (κ2) is 5.29. The van der Waals surface area contributed by atoms with Gasteiger partial charge in [0, 0.05) is 19.2 Å². The summed E-state index contributed by atoms with van der Waals surface area (Å²) in [5, 5.41) is 3.39. The molecule has 2 atom stereocenters. The number of nitrogens with two attached hydrogens (primary N) is 1. The normalized spacial score (nSPS) is 23.7. The van der Waals surface area contributed by atoms with Gasteiger partial charge in [-0.15, -0.1) is 0 Å². The van der Waals surface area contributed by atoms with Gasteiger partial charge in [0.1, 0.15) is 17.5 Å². The molecule has 1 saturated carbocycles. The molecule has 0 radical (unpaired) electrons. The van der Waals surface area contributed by atoms with Crippen LogP contribution in [0, 0.1) is 6.92 Å². The van der Waals surface area contributed by atoms with E-state index in [2.05, 4.69) is 20.7 Å². The Balaban J connectivity index is 2.01. The lowest BCUT2D eigenvalue weighted by Gasteiger charge is -2.14. The molecule has 1 aliphatic carbocycles. The van der Waals surface area contributed by atoms with Crippen molar-refractivity contribution in [3.05, 3.63) is 11.9 Å². The number of methoxy groups -OCH3 is 1. The third kappa shape index (κ3) is 3.04. The largest absolute Gasteiger partial charge is 0.381 e. The fourth-order valence-electron chi connectivity index (χ4n) is 2.21. The van der Waals surface area contributed by atoms with Crippen molar-refractivity contribution in [3.8, 4) is 0 Å². The van der Waals surface area contributed by atoms with Gasteiger partial charge < -0.3 is 15.5 Å². The van der Waals surface area contributed by atoms with Gasteiger partial charge in [0.15, 0.2) is 0 Å². The maximum atomic E-state index is 5.35. The second-order valence-electron chi connectivity index (χ2n) is 4.34. The van der Waals surface area contributed by atoms with Crippen molar-refractivity contribution in [2.24, 2.45) is 5.84 Å². The first-order chi connectivity index (χ1) is 8.21. The van der Waals surface area contributed by atoms with Crippen LogP contribution in [0.25, 0.3) is 0 Å². The average molecular weight is 237 g/mol.